The van der Waals surface area contributed by atoms with Crippen LogP contribution in [-0.2, 0) is 34.8 Å². The molecule has 3 heteroatoms. The molecule has 0 atom stereocenters. The quantitative estimate of drug-likeness (QED) is 0.321. The zero-order valence-corrected chi connectivity index (χ0v) is 20.9. The molecule has 0 saturated heterocycles. The molecule has 0 spiro atoms. The molecule has 0 amide bonds. The van der Waals surface area contributed by atoms with E-state index in [-0.39, 0.29) is 10.8 Å². The van der Waals surface area contributed by atoms with Crippen molar-refractivity contribution in [2.24, 2.45) is 0 Å². The van der Waals surface area contributed by atoms with E-state index in [2.05, 4.69) is 102 Å². The fourth-order valence-electron chi connectivity index (χ4n) is 4.21. The molecule has 2 aromatic rings. The Labute approximate surface area is 183 Å². The summed E-state index contributed by atoms with van der Waals surface area (Å²) >= 11 is -3.12. The Balaban J connectivity index is 2.40. The van der Waals surface area contributed by atoms with Crippen LogP contribution in [0, 0.1) is 0 Å². The third kappa shape index (κ3) is 7.07. The van der Waals surface area contributed by atoms with Crippen LogP contribution in [-0.4, -0.2) is 13.2 Å². The zero-order valence-electron chi connectivity index (χ0n) is 19.3. The second-order valence-corrected chi connectivity index (χ2v) is 14.3. The van der Waals surface area contributed by atoms with E-state index in [1.54, 1.807) is 0 Å². The molecule has 0 unspecified atom stereocenters. The number of benzene rings is 2. The minimum atomic E-state index is -3.12. The summed E-state index contributed by atoms with van der Waals surface area (Å²) in [6.45, 7) is 15.4. The van der Waals surface area contributed by atoms with E-state index >= 15 is 0 Å². The maximum absolute atomic E-state index is 6.76. The minimum absolute atomic E-state index is 0.0233. The third-order valence-corrected chi connectivity index (χ3v) is 12.4. The summed E-state index contributed by atoms with van der Waals surface area (Å²) in [5, 5.41) is 0. The predicted octanol–water partition coefficient (Wildman–Crippen LogP) is 7.62. The van der Waals surface area contributed by atoms with Crippen molar-refractivity contribution in [2.45, 2.75) is 74.7 Å². The molecule has 0 aliphatic carbocycles. The summed E-state index contributed by atoms with van der Waals surface area (Å²) in [6.07, 6.45) is 2.06. The van der Waals surface area contributed by atoms with Gasteiger partial charge in [0, 0.05) is 0 Å². The van der Waals surface area contributed by atoms with Crippen LogP contribution in [0.3, 0.4) is 0 Å². The SMILES string of the molecule is CCC[O][Ti]([CH2]C(C)(C)c1ccccc1)([CH2]C(C)(C)c1ccccc1)[O]CCC. The van der Waals surface area contributed by atoms with Gasteiger partial charge in [-0.25, -0.2) is 0 Å². The Morgan fingerprint density at radius 3 is 1.28 bits per heavy atom. The Morgan fingerprint density at radius 1 is 0.621 bits per heavy atom. The molecule has 0 aromatic heterocycles. The molecule has 0 saturated carbocycles. The number of rotatable bonds is 12. The van der Waals surface area contributed by atoms with Crippen LogP contribution >= 0.6 is 0 Å². The third-order valence-electron chi connectivity index (χ3n) is 5.67. The molecule has 2 nitrogen and oxygen atoms in total. The van der Waals surface area contributed by atoms with Gasteiger partial charge in [0.1, 0.15) is 0 Å². The van der Waals surface area contributed by atoms with Gasteiger partial charge in [-0.05, 0) is 0 Å². The summed E-state index contributed by atoms with van der Waals surface area (Å²) in [4.78, 5) is 0. The summed E-state index contributed by atoms with van der Waals surface area (Å²) in [5.41, 5.74) is 2.78. The second kappa shape index (κ2) is 10.9. The summed E-state index contributed by atoms with van der Waals surface area (Å²) < 4.78 is 15.5. The zero-order chi connectivity index (χ0) is 21.4. The first-order valence-corrected chi connectivity index (χ1v) is 14.6. The van der Waals surface area contributed by atoms with Gasteiger partial charge in [-0.15, -0.1) is 0 Å². The van der Waals surface area contributed by atoms with Crippen LogP contribution in [0.2, 0.25) is 9.45 Å². The molecule has 0 radical (unpaired) electrons. The van der Waals surface area contributed by atoms with E-state index in [1.807, 2.05) is 0 Å². The van der Waals surface area contributed by atoms with Crippen LogP contribution in [0.25, 0.3) is 0 Å². The van der Waals surface area contributed by atoms with Gasteiger partial charge < -0.3 is 0 Å². The topological polar surface area (TPSA) is 18.5 Å². The second-order valence-electron chi connectivity index (χ2n) is 9.46. The van der Waals surface area contributed by atoms with Crippen molar-refractivity contribution in [3.63, 3.8) is 0 Å². The monoisotopic (exact) mass is 432 g/mol. The Bertz CT molecular complexity index is 647. The van der Waals surface area contributed by atoms with E-state index in [4.69, 9.17) is 6.64 Å². The molecule has 160 valence electrons. The Morgan fingerprint density at radius 2 is 0.966 bits per heavy atom. The molecular formula is C26H40O2Ti. The number of hydrogen-bond donors (Lipinski definition) is 0. The fraction of sp³-hybridized carbons (Fsp3) is 0.538. The van der Waals surface area contributed by atoms with Crippen molar-refractivity contribution in [3.8, 4) is 0 Å². The predicted molar refractivity (Wildman–Crippen MR) is 121 cm³/mol. The van der Waals surface area contributed by atoms with Gasteiger partial charge in [0.15, 0.2) is 0 Å². The van der Waals surface area contributed by atoms with Crippen molar-refractivity contribution in [1.29, 1.82) is 0 Å². The molecule has 0 bridgehead atoms. The van der Waals surface area contributed by atoms with Gasteiger partial charge in [-0.3, -0.25) is 0 Å². The normalized spacial score (nSPS) is 12.9. The Kier molecular flexibility index (Phi) is 9.16. The standard InChI is InChI=1S/2C10H13.2C3H7O.Ti/c2*1-10(2,3)9-7-5-4-6-8-9;2*1-2-3-4;/h2*4-8H,1H2,2-3H3;2*2-3H2,1H3;/q;;2*-1;+2. The molecule has 2 rings (SSSR count). The first-order chi connectivity index (χ1) is 13.7. The van der Waals surface area contributed by atoms with Crippen molar-refractivity contribution in [3.05, 3.63) is 71.8 Å². The van der Waals surface area contributed by atoms with Crippen molar-refractivity contribution >= 4 is 0 Å². The van der Waals surface area contributed by atoms with Gasteiger partial charge in [-0.1, -0.05) is 0 Å². The van der Waals surface area contributed by atoms with Crippen molar-refractivity contribution in [2.75, 3.05) is 13.2 Å². The van der Waals surface area contributed by atoms with Gasteiger partial charge in [-0.2, -0.15) is 0 Å². The van der Waals surface area contributed by atoms with Gasteiger partial charge in [0.2, 0.25) is 0 Å². The van der Waals surface area contributed by atoms with E-state index in [0.29, 0.717) is 0 Å². The van der Waals surface area contributed by atoms with Crippen LogP contribution in [0.15, 0.2) is 60.7 Å². The van der Waals surface area contributed by atoms with Crippen molar-refractivity contribution < 1.29 is 24.0 Å². The van der Waals surface area contributed by atoms with Gasteiger partial charge >= 0.3 is 184 Å². The summed E-state index contributed by atoms with van der Waals surface area (Å²) in [5.74, 6) is 0. The van der Waals surface area contributed by atoms with Crippen LogP contribution < -0.4 is 0 Å². The molecule has 0 fully saturated rings. The van der Waals surface area contributed by atoms with Crippen LogP contribution in [0.4, 0.5) is 0 Å². The molecule has 0 N–H and O–H groups in total. The number of hydrogen-bond acceptors (Lipinski definition) is 2. The summed E-state index contributed by atoms with van der Waals surface area (Å²) in [7, 11) is 0. The Hall–Kier alpha value is -0.926. The maximum atomic E-state index is 6.76. The molecular weight excluding hydrogens is 392 g/mol. The van der Waals surface area contributed by atoms with Gasteiger partial charge in [0.25, 0.3) is 0 Å². The van der Waals surface area contributed by atoms with Crippen LogP contribution in [0.5, 0.6) is 0 Å². The van der Waals surface area contributed by atoms with E-state index in [0.717, 1.165) is 35.5 Å². The fourth-order valence-corrected chi connectivity index (χ4v) is 11.8. The van der Waals surface area contributed by atoms with E-state index in [9.17, 15) is 0 Å². The average Bonchev–Trinajstić information content (AvgIpc) is 2.71. The molecule has 29 heavy (non-hydrogen) atoms. The molecule has 0 heterocycles. The average molecular weight is 432 g/mol. The molecule has 0 aliphatic heterocycles. The van der Waals surface area contributed by atoms with E-state index in [1.165, 1.54) is 11.1 Å². The summed E-state index contributed by atoms with van der Waals surface area (Å²) in [6, 6.07) is 21.7. The first-order valence-electron chi connectivity index (χ1n) is 11.1. The van der Waals surface area contributed by atoms with E-state index < -0.39 is 17.4 Å². The first kappa shape index (κ1) is 24.3. The molecule has 0 aliphatic rings. The van der Waals surface area contributed by atoms with Crippen molar-refractivity contribution in [1.82, 2.24) is 0 Å². The molecule has 2 aromatic carbocycles. The van der Waals surface area contributed by atoms with Crippen LogP contribution in [0.1, 0.15) is 65.5 Å². The van der Waals surface area contributed by atoms with Gasteiger partial charge in [0.05, 0.1) is 0 Å².